The molecule has 6 heterocycles. The van der Waals surface area contributed by atoms with Crippen molar-refractivity contribution in [3.63, 3.8) is 0 Å². The van der Waals surface area contributed by atoms with Gasteiger partial charge < -0.3 is 39.8 Å². The fraction of sp³-hybridized carbons (Fsp3) is 0.300. The van der Waals surface area contributed by atoms with Crippen LogP contribution < -0.4 is 21.8 Å². The molecule has 74 heavy (non-hydrogen) atoms. The number of fused-ring (bicyclic) bond motifs is 8. The first-order chi connectivity index (χ1) is 36.0. The van der Waals surface area contributed by atoms with Crippen molar-refractivity contribution in [3.05, 3.63) is 189 Å². The highest BCUT2D eigenvalue weighted by atomic mass is 16.3. The zero-order valence-electron chi connectivity index (χ0n) is 42.0. The molecule has 380 valence electrons. The third-order valence-electron chi connectivity index (χ3n) is 15.1. The van der Waals surface area contributed by atoms with Crippen molar-refractivity contribution in [2.75, 3.05) is 23.8 Å². The molecule has 0 spiro atoms. The van der Waals surface area contributed by atoms with Gasteiger partial charge in [0.15, 0.2) is 0 Å². The lowest BCUT2D eigenvalue weighted by Gasteiger charge is -2.38. The third-order valence-corrected chi connectivity index (χ3v) is 15.1. The SMILES string of the molecule is C/C=C/c1ccc2n(c1=O)C[C@@H]1[C@@H](CO)[C@H](C(=O)Nc3ccc(-c4ccccc4)cc3)[C@H]2N1C(=O)CC.C/C=C\c1ccc2n(c1=O)C[C@@H]1[C@@H](CO)[C@H](C(=O)Nc3ccc(-c4ccccc4)cc3)[C@H]2N1C(=O)CC. The highest BCUT2D eigenvalue weighted by Gasteiger charge is 2.58. The van der Waals surface area contributed by atoms with Crippen molar-refractivity contribution in [2.24, 2.45) is 23.7 Å². The number of benzene rings is 4. The van der Waals surface area contributed by atoms with Crippen LogP contribution in [0, 0.1) is 23.7 Å². The van der Waals surface area contributed by atoms with Crippen LogP contribution in [-0.4, -0.2) is 78.1 Å². The average molecular weight is 995 g/mol. The van der Waals surface area contributed by atoms with Gasteiger partial charge in [-0.2, -0.15) is 0 Å². The summed E-state index contributed by atoms with van der Waals surface area (Å²) in [6, 6.07) is 40.2. The Bertz CT molecular complexity index is 3010. The largest absolute Gasteiger partial charge is 0.396 e. The normalized spacial score (nSPS) is 22.2. The lowest BCUT2D eigenvalue weighted by atomic mass is 9.86. The monoisotopic (exact) mass is 994 g/mol. The van der Waals surface area contributed by atoms with Crippen LogP contribution in [0.25, 0.3) is 34.4 Å². The van der Waals surface area contributed by atoms with Crippen molar-refractivity contribution in [1.29, 1.82) is 0 Å². The summed E-state index contributed by atoms with van der Waals surface area (Å²) < 4.78 is 3.35. The molecule has 6 aromatic rings. The first-order valence-electron chi connectivity index (χ1n) is 25.5. The summed E-state index contributed by atoms with van der Waals surface area (Å²) in [6.07, 6.45) is 7.69. The van der Waals surface area contributed by atoms with E-state index in [1.807, 2.05) is 147 Å². The van der Waals surface area contributed by atoms with Gasteiger partial charge in [-0.15, -0.1) is 0 Å². The average Bonchev–Trinajstić information content (AvgIpc) is 3.82. The van der Waals surface area contributed by atoms with Crippen LogP contribution in [0.5, 0.6) is 0 Å². The summed E-state index contributed by atoms with van der Waals surface area (Å²) in [5.74, 6) is -3.10. The Labute approximate surface area is 430 Å². The van der Waals surface area contributed by atoms with E-state index in [0.717, 1.165) is 22.3 Å². The van der Waals surface area contributed by atoms with Crippen LogP contribution in [0.2, 0.25) is 0 Å². The van der Waals surface area contributed by atoms with Crippen molar-refractivity contribution in [1.82, 2.24) is 18.9 Å². The van der Waals surface area contributed by atoms with Gasteiger partial charge in [-0.1, -0.05) is 123 Å². The van der Waals surface area contributed by atoms with E-state index in [4.69, 9.17) is 0 Å². The zero-order chi connectivity index (χ0) is 52.2. The summed E-state index contributed by atoms with van der Waals surface area (Å²) in [5.41, 5.74) is 7.58. The predicted octanol–water partition coefficient (Wildman–Crippen LogP) is 8.17. The van der Waals surface area contributed by atoms with Crippen molar-refractivity contribution in [2.45, 2.75) is 77.8 Å². The number of carbonyl (C=O) groups is 4. The number of hydrogen-bond donors (Lipinski definition) is 4. The Hall–Kier alpha value is -7.94. The minimum Gasteiger partial charge on any atom is -0.396 e. The molecule has 4 aliphatic rings. The molecule has 4 aromatic carbocycles. The molecule has 0 unspecified atom stereocenters. The number of aliphatic hydroxyl groups excluding tert-OH is 2. The lowest BCUT2D eigenvalue weighted by Crippen LogP contribution is -2.49. The summed E-state index contributed by atoms with van der Waals surface area (Å²) >= 11 is 0. The van der Waals surface area contributed by atoms with E-state index in [2.05, 4.69) is 10.6 Å². The van der Waals surface area contributed by atoms with Crippen molar-refractivity contribution in [3.8, 4) is 22.3 Å². The first-order valence-corrected chi connectivity index (χ1v) is 25.5. The number of pyridine rings is 2. The summed E-state index contributed by atoms with van der Waals surface area (Å²) in [7, 11) is 0. The molecule has 14 heteroatoms. The summed E-state index contributed by atoms with van der Waals surface area (Å²) in [6.45, 7) is 7.26. The highest BCUT2D eigenvalue weighted by Crippen LogP contribution is 2.50. The van der Waals surface area contributed by atoms with Gasteiger partial charge in [0.2, 0.25) is 23.6 Å². The van der Waals surface area contributed by atoms with Gasteiger partial charge >= 0.3 is 0 Å². The van der Waals surface area contributed by atoms with Gasteiger partial charge in [-0.05, 0) is 84.6 Å². The van der Waals surface area contributed by atoms with Crippen LogP contribution in [0.1, 0.15) is 75.1 Å². The summed E-state index contributed by atoms with van der Waals surface area (Å²) in [5, 5.41) is 26.8. The second-order valence-electron chi connectivity index (χ2n) is 19.2. The molecule has 4 bridgehead atoms. The van der Waals surface area contributed by atoms with Crippen LogP contribution in [-0.2, 0) is 32.3 Å². The Kier molecular flexibility index (Phi) is 15.2. The smallest absolute Gasteiger partial charge is 0.258 e. The van der Waals surface area contributed by atoms with Gasteiger partial charge in [0.05, 0.1) is 36.0 Å². The number of nitrogens with zero attached hydrogens (tertiary/aromatic N) is 4. The topological polar surface area (TPSA) is 183 Å². The minimum atomic E-state index is -0.694. The minimum absolute atomic E-state index is 0.0906. The van der Waals surface area contributed by atoms with E-state index in [1.165, 1.54) is 0 Å². The number of carbonyl (C=O) groups excluding carboxylic acids is 4. The molecule has 4 N–H and O–H groups in total. The van der Waals surface area contributed by atoms with Crippen molar-refractivity contribution < 1.29 is 29.4 Å². The van der Waals surface area contributed by atoms with Crippen molar-refractivity contribution >= 4 is 47.2 Å². The van der Waals surface area contributed by atoms with E-state index in [1.54, 1.807) is 57.1 Å². The molecule has 4 aliphatic heterocycles. The number of amides is 4. The molecule has 2 saturated heterocycles. The van der Waals surface area contributed by atoms with E-state index in [-0.39, 0.29) is 73.9 Å². The summed E-state index contributed by atoms with van der Waals surface area (Å²) in [4.78, 5) is 83.5. The Morgan fingerprint density at radius 2 is 0.865 bits per heavy atom. The molecular formula is C60H62N6O8. The van der Waals surface area contributed by atoms with Gasteiger partial charge in [-0.25, -0.2) is 0 Å². The molecule has 0 aliphatic carbocycles. The molecule has 4 amide bonds. The molecule has 2 fully saturated rings. The Morgan fingerprint density at radius 3 is 1.19 bits per heavy atom. The number of anilines is 2. The molecule has 8 atom stereocenters. The fourth-order valence-corrected chi connectivity index (χ4v) is 11.7. The second kappa shape index (κ2) is 22.0. The van der Waals surface area contributed by atoms with Gasteiger partial charge in [-0.3, -0.25) is 28.8 Å². The van der Waals surface area contributed by atoms with Crippen LogP contribution >= 0.6 is 0 Å². The molecule has 2 aromatic heterocycles. The van der Waals surface area contributed by atoms with E-state index >= 15 is 0 Å². The number of allylic oxidation sites excluding steroid dienone is 2. The first kappa shape index (κ1) is 51.0. The van der Waals surface area contributed by atoms with E-state index in [9.17, 15) is 39.0 Å². The number of nitrogens with one attached hydrogen (secondary N) is 2. The molecule has 0 saturated carbocycles. The predicted molar refractivity (Wildman–Crippen MR) is 287 cm³/mol. The van der Waals surface area contributed by atoms with Gasteiger partial charge in [0.1, 0.15) is 0 Å². The molecule has 0 radical (unpaired) electrons. The fourth-order valence-electron chi connectivity index (χ4n) is 11.7. The third kappa shape index (κ3) is 9.46. The zero-order valence-corrected chi connectivity index (χ0v) is 42.0. The van der Waals surface area contributed by atoms with Gasteiger partial charge in [0, 0.05) is 84.9 Å². The van der Waals surface area contributed by atoms with Crippen LogP contribution in [0.4, 0.5) is 11.4 Å². The molecule has 10 rings (SSSR count). The van der Waals surface area contributed by atoms with Crippen LogP contribution in [0.15, 0.2) is 155 Å². The molecular weight excluding hydrogens is 933 g/mol. The number of rotatable bonds is 12. The second-order valence-corrected chi connectivity index (χ2v) is 19.2. The standard InChI is InChI=1S/2C30H31N3O4/c2*1-3-8-21-13-16-24-28-27(23(18-34)25(17-32(24)30(21)37)33(28)26(35)4-2)29(36)31-22-14-11-20(12-15-22)19-9-6-5-7-10-19/h2*3,5-16,23,25,27-28,34H,4,17-18H2,1-2H3,(H,31,36)/b8-3+;8-3-/t2*23-,25-,27+,28+/m11/s1. The van der Waals surface area contributed by atoms with Crippen LogP contribution in [0.3, 0.4) is 0 Å². The maximum Gasteiger partial charge on any atom is 0.258 e. The highest BCUT2D eigenvalue weighted by molar-refractivity contribution is 5.96. The molecule has 14 nitrogen and oxygen atoms in total. The number of aliphatic hydroxyl groups is 2. The maximum atomic E-state index is 13.7. The lowest BCUT2D eigenvalue weighted by molar-refractivity contribution is -0.137. The number of aromatic nitrogens is 2. The number of hydrogen-bond acceptors (Lipinski definition) is 8. The maximum absolute atomic E-state index is 13.7. The van der Waals surface area contributed by atoms with E-state index < -0.39 is 47.8 Å². The quantitative estimate of drug-likeness (QED) is 0.0947. The van der Waals surface area contributed by atoms with E-state index in [0.29, 0.717) is 33.9 Å². The van der Waals surface area contributed by atoms with Gasteiger partial charge in [0.25, 0.3) is 11.1 Å². The Morgan fingerprint density at radius 1 is 0.514 bits per heavy atom. The Balaban J connectivity index is 0.000000182.